The highest BCUT2D eigenvalue weighted by molar-refractivity contribution is 8.12. The van der Waals surface area contributed by atoms with Crippen molar-refractivity contribution >= 4 is 49.3 Å². The molecule has 0 aromatic heterocycles. The molecule has 0 rings (SSSR count). The first kappa shape index (κ1) is 26.1. The summed E-state index contributed by atoms with van der Waals surface area (Å²) in [6.07, 6.45) is 11.4. The van der Waals surface area contributed by atoms with E-state index in [-0.39, 0.29) is 5.12 Å². The molecule has 0 aliphatic rings. The van der Waals surface area contributed by atoms with Gasteiger partial charge in [0.25, 0.3) is 0 Å². The van der Waals surface area contributed by atoms with Crippen LogP contribution in [-0.4, -0.2) is 61.5 Å². The summed E-state index contributed by atoms with van der Waals surface area (Å²) in [5.74, 6) is 0. The standard InChI is InChI=1S/C3H6OS.C2H6O2S.C2H6OS.C2H6S/c1-3(4)5-2;1-5(2,3)4;1-4(2)3;1-3-2/h2*1-2H3;1-2H3;1-2H3. The van der Waals surface area contributed by atoms with Gasteiger partial charge in [0.1, 0.15) is 9.84 Å². The molecule has 0 aliphatic heterocycles. The van der Waals surface area contributed by atoms with Gasteiger partial charge in [-0.15, -0.1) is 0 Å². The van der Waals surface area contributed by atoms with Crippen molar-refractivity contribution in [3.05, 3.63) is 0 Å². The lowest BCUT2D eigenvalue weighted by molar-refractivity contribution is -0.109. The lowest BCUT2D eigenvalue weighted by Crippen LogP contribution is -1.86. The van der Waals surface area contributed by atoms with Crippen molar-refractivity contribution in [1.29, 1.82) is 0 Å². The molecule has 0 aliphatic carbocycles. The summed E-state index contributed by atoms with van der Waals surface area (Å²) < 4.78 is 28.8. The Morgan fingerprint density at radius 3 is 1.12 bits per heavy atom. The normalized spacial score (nSPS) is 8.76. The van der Waals surface area contributed by atoms with Crippen LogP contribution in [0.5, 0.6) is 0 Å². The van der Waals surface area contributed by atoms with E-state index >= 15 is 0 Å². The van der Waals surface area contributed by atoms with E-state index in [1.54, 1.807) is 37.5 Å². The van der Waals surface area contributed by atoms with Crippen LogP contribution in [0, 0.1) is 0 Å². The van der Waals surface area contributed by atoms with Gasteiger partial charge in [-0.25, -0.2) is 8.42 Å². The minimum absolute atomic E-state index is 0.171. The molecule has 0 atom stereocenters. The van der Waals surface area contributed by atoms with E-state index in [0.29, 0.717) is 0 Å². The fourth-order valence-electron chi connectivity index (χ4n) is 0. The molecule has 0 unspecified atom stereocenters. The molecule has 0 heterocycles. The van der Waals surface area contributed by atoms with Gasteiger partial charge in [-0.05, 0) is 18.8 Å². The Labute approximate surface area is 117 Å². The van der Waals surface area contributed by atoms with Gasteiger partial charge in [-0.1, -0.05) is 11.8 Å². The van der Waals surface area contributed by atoms with Crippen LogP contribution in [0.15, 0.2) is 0 Å². The van der Waals surface area contributed by atoms with Crippen LogP contribution in [-0.2, 0) is 25.4 Å². The predicted molar refractivity (Wildman–Crippen MR) is 84.4 cm³/mol. The number of sulfone groups is 1. The average molecular weight is 325 g/mol. The second-order valence-corrected chi connectivity index (χ2v) is 8.56. The van der Waals surface area contributed by atoms with E-state index < -0.39 is 20.6 Å². The Morgan fingerprint density at radius 1 is 1.06 bits per heavy atom. The number of rotatable bonds is 0. The van der Waals surface area contributed by atoms with Crippen molar-refractivity contribution in [3.63, 3.8) is 0 Å². The van der Waals surface area contributed by atoms with Gasteiger partial charge in [0.05, 0.1) is 0 Å². The maximum Gasteiger partial charge on any atom is 0.185 e. The van der Waals surface area contributed by atoms with Crippen molar-refractivity contribution in [1.82, 2.24) is 0 Å². The molecule has 8 heteroatoms. The van der Waals surface area contributed by atoms with Crippen molar-refractivity contribution in [3.8, 4) is 0 Å². The van der Waals surface area contributed by atoms with Crippen LogP contribution < -0.4 is 0 Å². The lowest BCUT2D eigenvalue weighted by atomic mass is 10.9. The maximum atomic E-state index is 9.78. The highest BCUT2D eigenvalue weighted by atomic mass is 32.2. The largest absolute Gasteiger partial charge is 0.288 e. The van der Waals surface area contributed by atoms with Gasteiger partial charge >= 0.3 is 0 Å². The monoisotopic (exact) mass is 324 g/mol. The third kappa shape index (κ3) is 565. The zero-order valence-electron chi connectivity index (χ0n) is 11.8. The number of hydrogen-bond donors (Lipinski definition) is 0. The van der Waals surface area contributed by atoms with Gasteiger partial charge < -0.3 is 0 Å². The van der Waals surface area contributed by atoms with Crippen LogP contribution in [0.25, 0.3) is 0 Å². The lowest BCUT2D eigenvalue weighted by Gasteiger charge is -1.71. The second-order valence-electron chi connectivity index (χ2n) is 2.99. The molecule has 0 aromatic rings. The van der Waals surface area contributed by atoms with Crippen LogP contribution >= 0.6 is 23.5 Å². The first-order chi connectivity index (χ1) is 7.42. The zero-order valence-corrected chi connectivity index (χ0v) is 15.0. The third-order valence-corrected chi connectivity index (χ3v) is 0.862. The topological polar surface area (TPSA) is 68.3 Å². The molecule has 0 spiro atoms. The molecule has 4 nitrogen and oxygen atoms in total. The van der Waals surface area contributed by atoms with Crippen molar-refractivity contribution in [2.75, 3.05) is 43.8 Å². The Morgan fingerprint density at radius 2 is 1.12 bits per heavy atom. The molecule has 17 heavy (non-hydrogen) atoms. The first-order valence-electron chi connectivity index (χ1n) is 4.27. The Bertz CT molecular complexity index is 261. The van der Waals surface area contributed by atoms with E-state index in [1.807, 2.05) is 12.5 Å². The number of carbonyl (C=O) groups excluding carboxylic acids is 1. The highest BCUT2D eigenvalue weighted by Gasteiger charge is 1.79. The predicted octanol–water partition coefficient (Wildman–Crippen LogP) is 1.53. The van der Waals surface area contributed by atoms with Gasteiger partial charge in [0, 0.05) is 42.7 Å². The fourth-order valence-corrected chi connectivity index (χ4v) is 0. The molecule has 0 fully saturated rings. The van der Waals surface area contributed by atoms with Crippen LogP contribution in [0.3, 0.4) is 0 Å². The molecule has 0 bridgehead atoms. The molecule has 0 saturated carbocycles. The molecule has 0 saturated heterocycles. The first-order valence-corrected chi connectivity index (χ1v) is 11.4. The minimum Gasteiger partial charge on any atom is -0.288 e. The SMILES string of the molecule is CS(C)(=O)=O.CS(C)=O.CSC.CSC(C)=O. The number of carbonyl (C=O) groups is 1. The Balaban J connectivity index is -0.0000000676. The van der Waals surface area contributed by atoms with E-state index in [0.717, 1.165) is 12.5 Å². The zero-order chi connectivity index (χ0) is 15.1. The van der Waals surface area contributed by atoms with E-state index in [2.05, 4.69) is 0 Å². The summed E-state index contributed by atoms with van der Waals surface area (Å²) in [6, 6.07) is 0. The van der Waals surface area contributed by atoms with Gasteiger partial charge in [0.15, 0.2) is 5.12 Å². The molecular weight excluding hydrogens is 300 g/mol. The molecule has 0 amide bonds. The summed E-state index contributed by atoms with van der Waals surface area (Å²) in [6.45, 7) is 1.55. The van der Waals surface area contributed by atoms with Crippen LogP contribution in [0.4, 0.5) is 0 Å². The summed E-state index contributed by atoms with van der Waals surface area (Å²) in [7, 11) is -3.28. The molecule has 0 N–H and O–H groups in total. The van der Waals surface area contributed by atoms with Crippen LogP contribution in [0.1, 0.15) is 6.92 Å². The van der Waals surface area contributed by atoms with Crippen LogP contribution in [0.2, 0.25) is 0 Å². The van der Waals surface area contributed by atoms with E-state index in [1.165, 1.54) is 11.8 Å². The quantitative estimate of drug-likeness (QED) is 0.673. The maximum absolute atomic E-state index is 9.78. The Kier molecular flexibility index (Phi) is 28.9. The van der Waals surface area contributed by atoms with Gasteiger partial charge in [0.2, 0.25) is 0 Å². The summed E-state index contributed by atoms with van der Waals surface area (Å²) in [5, 5.41) is 0.171. The van der Waals surface area contributed by atoms with Crippen molar-refractivity contribution in [2.24, 2.45) is 0 Å². The average Bonchev–Trinajstić information content (AvgIpc) is 2.01. The molecule has 0 aromatic carbocycles. The fraction of sp³-hybridized carbons (Fsp3) is 0.889. The minimum atomic E-state index is -2.67. The van der Waals surface area contributed by atoms with Crippen molar-refractivity contribution < 1.29 is 17.4 Å². The summed E-state index contributed by atoms with van der Waals surface area (Å²) in [5.41, 5.74) is 0. The molecular formula is C9H24O4S4. The van der Waals surface area contributed by atoms with E-state index in [9.17, 15) is 17.4 Å². The summed E-state index contributed by atoms with van der Waals surface area (Å²) in [4.78, 5) is 9.78. The third-order valence-electron chi connectivity index (χ3n) is 0.287. The smallest absolute Gasteiger partial charge is 0.185 e. The van der Waals surface area contributed by atoms with Gasteiger partial charge in [-0.3, -0.25) is 9.00 Å². The summed E-state index contributed by atoms with van der Waals surface area (Å²) >= 11 is 2.99. The molecule has 108 valence electrons. The van der Waals surface area contributed by atoms with Gasteiger partial charge in [-0.2, -0.15) is 11.8 Å². The molecule has 0 radical (unpaired) electrons. The van der Waals surface area contributed by atoms with E-state index in [4.69, 9.17) is 0 Å². The number of hydrogen-bond acceptors (Lipinski definition) is 6. The second kappa shape index (κ2) is 18.8. The number of thioether (sulfide) groups is 2. The van der Waals surface area contributed by atoms with Crippen molar-refractivity contribution in [2.45, 2.75) is 6.92 Å². The highest BCUT2D eigenvalue weighted by Crippen LogP contribution is 1.88. The Hall–Kier alpha value is 0.470.